The van der Waals surface area contributed by atoms with Gasteiger partial charge in [-0.15, -0.1) is 0 Å². The SMILES string of the molecule is CC(C(N)=S)N(C)CCc1ccccn1. The van der Waals surface area contributed by atoms with Crippen LogP contribution in [0.4, 0.5) is 0 Å². The minimum atomic E-state index is 0.142. The van der Waals surface area contributed by atoms with Crippen LogP contribution >= 0.6 is 12.2 Å². The number of rotatable bonds is 5. The first kappa shape index (κ1) is 12.1. The molecule has 0 fully saturated rings. The van der Waals surface area contributed by atoms with Gasteiger partial charge in [-0.3, -0.25) is 9.88 Å². The van der Waals surface area contributed by atoms with Crippen LogP contribution in [0.2, 0.25) is 0 Å². The molecule has 0 radical (unpaired) electrons. The van der Waals surface area contributed by atoms with E-state index in [1.807, 2.05) is 38.4 Å². The van der Waals surface area contributed by atoms with E-state index in [1.165, 1.54) is 0 Å². The minimum absolute atomic E-state index is 0.142. The van der Waals surface area contributed by atoms with Gasteiger partial charge in [0, 0.05) is 24.9 Å². The summed E-state index contributed by atoms with van der Waals surface area (Å²) >= 11 is 4.95. The van der Waals surface area contributed by atoms with Crippen molar-refractivity contribution in [1.82, 2.24) is 9.88 Å². The molecule has 0 saturated carbocycles. The van der Waals surface area contributed by atoms with Crippen molar-refractivity contribution in [3.05, 3.63) is 30.1 Å². The Morgan fingerprint density at radius 3 is 2.87 bits per heavy atom. The number of likely N-dealkylation sites (N-methyl/N-ethyl adjacent to an activating group) is 1. The molecular formula is C11H17N3S. The summed E-state index contributed by atoms with van der Waals surface area (Å²) in [7, 11) is 2.02. The lowest BCUT2D eigenvalue weighted by Gasteiger charge is -2.23. The van der Waals surface area contributed by atoms with Crippen molar-refractivity contribution in [3.63, 3.8) is 0 Å². The van der Waals surface area contributed by atoms with Gasteiger partial charge in [0.25, 0.3) is 0 Å². The van der Waals surface area contributed by atoms with Gasteiger partial charge in [0.15, 0.2) is 0 Å². The Bertz CT molecular complexity index is 313. The fourth-order valence-electron chi connectivity index (χ4n) is 1.25. The first-order chi connectivity index (χ1) is 7.11. The highest BCUT2D eigenvalue weighted by Gasteiger charge is 2.11. The molecule has 0 bridgehead atoms. The second-order valence-corrected chi connectivity index (χ2v) is 4.10. The Balaban J connectivity index is 2.41. The van der Waals surface area contributed by atoms with Crippen molar-refractivity contribution in [2.45, 2.75) is 19.4 Å². The summed E-state index contributed by atoms with van der Waals surface area (Å²) in [5, 5.41) is 0. The molecule has 2 N–H and O–H groups in total. The van der Waals surface area contributed by atoms with Crippen LogP contribution < -0.4 is 5.73 Å². The van der Waals surface area contributed by atoms with Crippen LogP contribution in [0.25, 0.3) is 0 Å². The third kappa shape index (κ3) is 3.93. The second kappa shape index (κ2) is 5.78. The fraction of sp³-hybridized carbons (Fsp3) is 0.455. The quantitative estimate of drug-likeness (QED) is 0.762. The van der Waals surface area contributed by atoms with Crippen molar-refractivity contribution in [2.75, 3.05) is 13.6 Å². The van der Waals surface area contributed by atoms with Crippen LogP contribution in [-0.4, -0.2) is 34.5 Å². The van der Waals surface area contributed by atoms with Crippen LogP contribution in [0.3, 0.4) is 0 Å². The second-order valence-electron chi connectivity index (χ2n) is 3.63. The highest BCUT2D eigenvalue weighted by Crippen LogP contribution is 2.00. The maximum absolute atomic E-state index is 5.58. The highest BCUT2D eigenvalue weighted by molar-refractivity contribution is 7.80. The molecule has 15 heavy (non-hydrogen) atoms. The molecule has 0 aromatic carbocycles. The minimum Gasteiger partial charge on any atom is -0.392 e. The molecule has 1 aromatic heterocycles. The van der Waals surface area contributed by atoms with Gasteiger partial charge in [0.05, 0.1) is 11.0 Å². The third-order valence-electron chi connectivity index (χ3n) is 2.52. The molecule has 0 amide bonds. The number of nitrogens with zero attached hydrogens (tertiary/aromatic N) is 2. The van der Waals surface area contributed by atoms with Gasteiger partial charge in [-0.2, -0.15) is 0 Å². The summed E-state index contributed by atoms with van der Waals surface area (Å²) < 4.78 is 0. The number of hydrogen-bond donors (Lipinski definition) is 1. The lowest BCUT2D eigenvalue weighted by atomic mass is 10.2. The standard InChI is InChI=1S/C11H17N3S/c1-9(11(12)15)14(2)8-6-10-5-3-4-7-13-10/h3-5,7,9H,6,8H2,1-2H3,(H2,12,15). The zero-order valence-corrected chi connectivity index (χ0v) is 10.00. The first-order valence-electron chi connectivity index (χ1n) is 5.00. The maximum atomic E-state index is 5.58. The topological polar surface area (TPSA) is 42.1 Å². The first-order valence-corrected chi connectivity index (χ1v) is 5.41. The molecule has 1 heterocycles. The van der Waals surface area contributed by atoms with Crippen LogP contribution in [-0.2, 0) is 6.42 Å². The molecule has 1 atom stereocenters. The molecule has 0 aliphatic rings. The summed E-state index contributed by atoms with van der Waals surface area (Å²) in [5.41, 5.74) is 6.68. The maximum Gasteiger partial charge on any atom is 0.0899 e. The summed E-state index contributed by atoms with van der Waals surface area (Å²) in [6.45, 7) is 2.93. The van der Waals surface area contributed by atoms with Crippen LogP contribution in [0.15, 0.2) is 24.4 Å². The summed E-state index contributed by atoms with van der Waals surface area (Å²) in [6, 6.07) is 6.09. The van der Waals surface area contributed by atoms with Crippen molar-refractivity contribution < 1.29 is 0 Å². The average molecular weight is 223 g/mol. The number of pyridine rings is 1. The zero-order chi connectivity index (χ0) is 11.3. The molecule has 0 saturated heterocycles. The molecule has 0 spiro atoms. The molecule has 1 aromatic rings. The largest absolute Gasteiger partial charge is 0.392 e. The van der Waals surface area contributed by atoms with E-state index in [-0.39, 0.29) is 6.04 Å². The van der Waals surface area contributed by atoms with Gasteiger partial charge < -0.3 is 5.73 Å². The van der Waals surface area contributed by atoms with E-state index < -0.39 is 0 Å². The van der Waals surface area contributed by atoms with E-state index in [1.54, 1.807) is 0 Å². The zero-order valence-electron chi connectivity index (χ0n) is 9.18. The smallest absolute Gasteiger partial charge is 0.0899 e. The molecule has 4 heteroatoms. The van der Waals surface area contributed by atoms with Crippen LogP contribution in [0.5, 0.6) is 0 Å². The summed E-state index contributed by atoms with van der Waals surface area (Å²) in [4.78, 5) is 6.94. The van der Waals surface area contributed by atoms with Crippen molar-refractivity contribution >= 4 is 17.2 Å². The van der Waals surface area contributed by atoms with E-state index in [4.69, 9.17) is 18.0 Å². The monoisotopic (exact) mass is 223 g/mol. The Morgan fingerprint density at radius 2 is 2.33 bits per heavy atom. The van der Waals surface area contributed by atoms with Crippen molar-refractivity contribution in [1.29, 1.82) is 0 Å². The number of nitrogens with two attached hydrogens (primary N) is 1. The molecule has 3 nitrogen and oxygen atoms in total. The summed E-state index contributed by atoms with van der Waals surface area (Å²) in [6.07, 6.45) is 2.73. The number of aromatic nitrogens is 1. The lowest BCUT2D eigenvalue weighted by Crippen LogP contribution is -2.40. The van der Waals surface area contributed by atoms with Gasteiger partial charge in [-0.05, 0) is 26.1 Å². The van der Waals surface area contributed by atoms with E-state index >= 15 is 0 Å². The molecule has 0 aliphatic heterocycles. The molecule has 1 unspecified atom stereocenters. The van der Waals surface area contributed by atoms with Gasteiger partial charge in [-0.1, -0.05) is 18.3 Å². The van der Waals surface area contributed by atoms with Crippen LogP contribution in [0.1, 0.15) is 12.6 Å². The fourth-order valence-corrected chi connectivity index (χ4v) is 1.43. The molecule has 1 rings (SSSR count). The van der Waals surface area contributed by atoms with Crippen molar-refractivity contribution in [2.24, 2.45) is 5.73 Å². The molecule has 0 aliphatic carbocycles. The predicted molar refractivity (Wildman–Crippen MR) is 66.8 cm³/mol. The van der Waals surface area contributed by atoms with E-state index in [2.05, 4.69) is 9.88 Å². The Labute approximate surface area is 96.3 Å². The van der Waals surface area contributed by atoms with Gasteiger partial charge in [0.2, 0.25) is 0 Å². The molecular weight excluding hydrogens is 206 g/mol. The molecule has 82 valence electrons. The number of hydrogen-bond acceptors (Lipinski definition) is 3. The van der Waals surface area contributed by atoms with E-state index in [0.717, 1.165) is 18.7 Å². The Hall–Kier alpha value is -1.00. The van der Waals surface area contributed by atoms with Crippen LogP contribution in [0, 0.1) is 0 Å². The van der Waals surface area contributed by atoms with E-state index in [0.29, 0.717) is 4.99 Å². The van der Waals surface area contributed by atoms with Gasteiger partial charge in [0.1, 0.15) is 0 Å². The normalized spacial score (nSPS) is 12.7. The predicted octanol–water partition coefficient (Wildman–Crippen LogP) is 1.23. The lowest BCUT2D eigenvalue weighted by molar-refractivity contribution is 0.315. The van der Waals surface area contributed by atoms with E-state index in [9.17, 15) is 0 Å². The summed E-state index contributed by atoms with van der Waals surface area (Å²) in [5.74, 6) is 0. The van der Waals surface area contributed by atoms with Gasteiger partial charge in [-0.25, -0.2) is 0 Å². The van der Waals surface area contributed by atoms with Crippen molar-refractivity contribution in [3.8, 4) is 0 Å². The van der Waals surface area contributed by atoms with Gasteiger partial charge >= 0.3 is 0 Å². The average Bonchev–Trinajstić information content (AvgIpc) is 2.26. The number of thiocarbonyl (C=S) groups is 1. The Morgan fingerprint density at radius 1 is 1.60 bits per heavy atom. The third-order valence-corrected chi connectivity index (χ3v) is 2.86. The highest BCUT2D eigenvalue weighted by atomic mass is 32.1. The Kier molecular flexibility index (Phi) is 4.65.